The summed E-state index contributed by atoms with van der Waals surface area (Å²) in [6.07, 6.45) is 5.54. The minimum Gasteiger partial charge on any atom is -0.379 e. The number of amides is 1. The Kier molecular flexibility index (Phi) is 6.13. The minimum absolute atomic E-state index is 0.00510. The normalized spacial score (nSPS) is 26.0. The zero-order valence-electron chi connectivity index (χ0n) is 17.1. The fourth-order valence-electron chi connectivity index (χ4n) is 4.21. The topological polar surface area (TPSA) is 79.0 Å². The van der Waals surface area contributed by atoms with Crippen molar-refractivity contribution in [3.63, 3.8) is 0 Å². The van der Waals surface area contributed by atoms with E-state index < -0.39 is 10.0 Å². The second-order valence-corrected chi connectivity index (χ2v) is 10.3. The number of benzene rings is 1. The summed E-state index contributed by atoms with van der Waals surface area (Å²) in [6.45, 7) is 5.47. The molecule has 3 fully saturated rings. The van der Waals surface area contributed by atoms with E-state index >= 15 is 0 Å². The molecule has 29 heavy (non-hydrogen) atoms. The highest BCUT2D eigenvalue weighted by Gasteiger charge is 2.39. The third-order valence-electron chi connectivity index (χ3n) is 6.23. The number of ether oxygens (including phenoxy) is 1. The van der Waals surface area contributed by atoms with Gasteiger partial charge in [0.2, 0.25) is 15.9 Å². The fraction of sp³-hybridized carbons (Fsp3) is 0.667. The van der Waals surface area contributed by atoms with Crippen molar-refractivity contribution < 1.29 is 17.9 Å². The van der Waals surface area contributed by atoms with E-state index in [9.17, 15) is 13.2 Å². The SMILES string of the molecule is C[C@@H]1C[C@H]1C(=O)Nc1cc(S(=O)(=O)N2CCOCC2)ccc1N1CCCCCC1. The molecule has 1 aromatic carbocycles. The highest BCUT2D eigenvalue weighted by atomic mass is 32.2. The molecule has 1 amide bonds. The first-order valence-corrected chi connectivity index (χ1v) is 12.2. The molecule has 0 unspecified atom stereocenters. The lowest BCUT2D eigenvalue weighted by molar-refractivity contribution is -0.117. The summed E-state index contributed by atoms with van der Waals surface area (Å²) in [6, 6.07) is 5.20. The maximum Gasteiger partial charge on any atom is 0.243 e. The van der Waals surface area contributed by atoms with Gasteiger partial charge in [0.15, 0.2) is 0 Å². The van der Waals surface area contributed by atoms with Crippen LogP contribution in [0.1, 0.15) is 39.0 Å². The van der Waals surface area contributed by atoms with Gasteiger partial charge in [0, 0.05) is 32.1 Å². The van der Waals surface area contributed by atoms with Crippen LogP contribution in [-0.4, -0.2) is 58.0 Å². The lowest BCUT2D eigenvalue weighted by atomic mass is 10.2. The predicted molar refractivity (Wildman–Crippen MR) is 113 cm³/mol. The lowest BCUT2D eigenvalue weighted by Crippen LogP contribution is -2.40. The van der Waals surface area contributed by atoms with Gasteiger partial charge in [-0.2, -0.15) is 4.31 Å². The standard InChI is InChI=1S/C21H31N3O4S/c1-16-14-18(16)21(25)22-19-15-17(29(26,27)24-10-12-28-13-11-24)6-7-20(19)23-8-4-2-3-5-9-23/h6-7,15-16,18H,2-5,8-14H2,1H3,(H,22,25)/t16-,18-/m1/s1. The number of sulfonamides is 1. The van der Waals surface area contributed by atoms with Crippen molar-refractivity contribution in [2.75, 3.05) is 49.6 Å². The van der Waals surface area contributed by atoms with Crippen molar-refractivity contribution in [2.45, 2.75) is 43.9 Å². The van der Waals surface area contributed by atoms with E-state index in [2.05, 4.69) is 17.1 Å². The molecule has 1 aromatic rings. The molecule has 0 spiro atoms. The third-order valence-corrected chi connectivity index (χ3v) is 8.12. The third kappa shape index (κ3) is 4.59. The number of hydrogen-bond acceptors (Lipinski definition) is 5. The van der Waals surface area contributed by atoms with Gasteiger partial charge in [-0.3, -0.25) is 4.79 Å². The molecule has 4 rings (SSSR count). The smallest absolute Gasteiger partial charge is 0.243 e. The Hall–Kier alpha value is -1.64. The predicted octanol–water partition coefficient (Wildman–Crippen LogP) is 2.68. The monoisotopic (exact) mass is 421 g/mol. The Morgan fingerprint density at radius 1 is 1.07 bits per heavy atom. The van der Waals surface area contributed by atoms with Crippen LogP contribution in [0.25, 0.3) is 0 Å². The van der Waals surface area contributed by atoms with Gasteiger partial charge in [-0.05, 0) is 43.4 Å². The summed E-state index contributed by atoms with van der Waals surface area (Å²) in [4.78, 5) is 15.2. The summed E-state index contributed by atoms with van der Waals surface area (Å²) >= 11 is 0. The van der Waals surface area contributed by atoms with Crippen molar-refractivity contribution in [1.82, 2.24) is 4.31 Å². The van der Waals surface area contributed by atoms with Crippen molar-refractivity contribution in [3.8, 4) is 0 Å². The maximum atomic E-state index is 13.1. The molecule has 1 aliphatic carbocycles. The van der Waals surface area contributed by atoms with Crippen LogP contribution in [0.5, 0.6) is 0 Å². The molecule has 0 radical (unpaired) electrons. The molecule has 2 atom stereocenters. The van der Waals surface area contributed by atoms with E-state index in [1.54, 1.807) is 12.1 Å². The van der Waals surface area contributed by atoms with Gasteiger partial charge in [-0.25, -0.2) is 8.42 Å². The summed E-state index contributed by atoms with van der Waals surface area (Å²) in [7, 11) is -3.61. The number of carbonyl (C=O) groups is 1. The van der Waals surface area contributed by atoms with Crippen LogP contribution in [0.3, 0.4) is 0 Å². The molecular weight excluding hydrogens is 390 g/mol. The molecule has 0 aromatic heterocycles. The zero-order valence-corrected chi connectivity index (χ0v) is 17.9. The molecule has 0 bridgehead atoms. The van der Waals surface area contributed by atoms with Crippen LogP contribution in [0, 0.1) is 11.8 Å². The van der Waals surface area contributed by atoms with Crippen molar-refractivity contribution in [1.29, 1.82) is 0 Å². The quantitative estimate of drug-likeness (QED) is 0.791. The number of carbonyl (C=O) groups excluding carboxylic acids is 1. The van der Waals surface area contributed by atoms with E-state index in [4.69, 9.17) is 4.74 Å². The van der Waals surface area contributed by atoms with Crippen LogP contribution in [0.2, 0.25) is 0 Å². The minimum atomic E-state index is -3.61. The highest BCUT2D eigenvalue weighted by molar-refractivity contribution is 7.89. The van der Waals surface area contributed by atoms with Crippen molar-refractivity contribution in [2.24, 2.45) is 11.8 Å². The van der Waals surface area contributed by atoms with Gasteiger partial charge in [-0.15, -0.1) is 0 Å². The Morgan fingerprint density at radius 2 is 1.72 bits per heavy atom. The molecule has 7 nitrogen and oxygen atoms in total. The van der Waals surface area contributed by atoms with Crippen LogP contribution in [0.15, 0.2) is 23.1 Å². The average Bonchev–Trinajstić information content (AvgIpc) is 3.51. The summed E-state index contributed by atoms with van der Waals surface area (Å²) in [5.74, 6) is 0.429. The van der Waals surface area contributed by atoms with E-state index in [0.717, 1.165) is 38.0 Å². The largest absolute Gasteiger partial charge is 0.379 e. The maximum absolute atomic E-state index is 13.1. The Labute approximate surface area is 173 Å². The van der Waals surface area contributed by atoms with Crippen molar-refractivity contribution in [3.05, 3.63) is 18.2 Å². The molecular formula is C21H31N3O4S. The molecule has 2 heterocycles. The highest BCUT2D eigenvalue weighted by Crippen LogP contribution is 2.40. The second-order valence-electron chi connectivity index (χ2n) is 8.41. The number of hydrogen-bond donors (Lipinski definition) is 1. The summed E-state index contributed by atoms with van der Waals surface area (Å²) in [5.41, 5.74) is 1.54. The van der Waals surface area contributed by atoms with Crippen molar-refractivity contribution >= 4 is 27.3 Å². The van der Waals surface area contributed by atoms with Crippen LogP contribution >= 0.6 is 0 Å². The fourth-order valence-corrected chi connectivity index (χ4v) is 5.65. The first-order chi connectivity index (χ1) is 14.0. The van der Waals surface area contributed by atoms with Crippen LogP contribution < -0.4 is 10.2 Å². The first kappa shape index (κ1) is 20.6. The van der Waals surface area contributed by atoms with E-state index in [-0.39, 0.29) is 16.7 Å². The van der Waals surface area contributed by atoms with Gasteiger partial charge in [0.05, 0.1) is 29.5 Å². The first-order valence-electron chi connectivity index (χ1n) is 10.7. The van der Waals surface area contributed by atoms with Gasteiger partial charge in [0.1, 0.15) is 0 Å². The Balaban J connectivity index is 1.65. The molecule has 1 N–H and O–H groups in total. The Bertz CT molecular complexity index is 843. The molecule has 3 aliphatic rings. The molecule has 1 saturated carbocycles. The van der Waals surface area contributed by atoms with Gasteiger partial charge in [-0.1, -0.05) is 19.8 Å². The molecule has 2 aliphatic heterocycles. The molecule has 2 saturated heterocycles. The van der Waals surface area contributed by atoms with Crippen LogP contribution in [-0.2, 0) is 19.6 Å². The zero-order chi connectivity index (χ0) is 20.4. The number of anilines is 2. The number of nitrogens with zero attached hydrogens (tertiary/aromatic N) is 2. The van der Waals surface area contributed by atoms with Gasteiger partial charge < -0.3 is 15.0 Å². The number of morpholine rings is 1. The van der Waals surface area contributed by atoms with Gasteiger partial charge in [0.25, 0.3) is 0 Å². The molecule has 8 heteroatoms. The molecule has 160 valence electrons. The average molecular weight is 422 g/mol. The lowest BCUT2D eigenvalue weighted by Gasteiger charge is -2.28. The number of nitrogens with one attached hydrogen (secondary N) is 1. The summed E-state index contributed by atoms with van der Waals surface area (Å²) in [5, 5.41) is 3.05. The summed E-state index contributed by atoms with van der Waals surface area (Å²) < 4.78 is 33.0. The second kappa shape index (κ2) is 8.62. The van der Waals surface area contributed by atoms with Gasteiger partial charge >= 0.3 is 0 Å². The van der Waals surface area contributed by atoms with Crippen LogP contribution in [0.4, 0.5) is 11.4 Å². The Morgan fingerprint density at radius 3 is 2.34 bits per heavy atom. The van der Waals surface area contributed by atoms with E-state index in [1.807, 2.05) is 6.07 Å². The van der Waals surface area contributed by atoms with E-state index in [0.29, 0.717) is 37.9 Å². The number of rotatable bonds is 5. The van der Waals surface area contributed by atoms with E-state index in [1.165, 1.54) is 17.1 Å².